The number of nitrogens with zero attached hydrogens (tertiary/aromatic N) is 1. The third-order valence-electron chi connectivity index (χ3n) is 5.42. The van der Waals surface area contributed by atoms with Crippen LogP contribution in [0.3, 0.4) is 0 Å². The molecule has 0 aromatic heterocycles. The SMILES string of the molecule is CN(C)C(c1ccccc1)C1CCC(NCc2ccc(F)cc2)CC1.Cl. The van der Waals surface area contributed by atoms with Gasteiger partial charge in [-0.15, -0.1) is 12.4 Å². The Morgan fingerprint density at radius 1 is 0.962 bits per heavy atom. The Morgan fingerprint density at radius 3 is 2.15 bits per heavy atom. The van der Waals surface area contributed by atoms with E-state index in [4.69, 9.17) is 0 Å². The summed E-state index contributed by atoms with van der Waals surface area (Å²) in [6.45, 7) is 0.825. The van der Waals surface area contributed by atoms with Gasteiger partial charge in [-0.3, -0.25) is 0 Å². The van der Waals surface area contributed by atoms with Gasteiger partial charge in [0.25, 0.3) is 0 Å². The van der Waals surface area contributed by atoms with Crippen LogP contribution in [0.5, 0.6) is 0 Å². The lowest BCUT2D eigenvalue weighted by Gasteiger charge is -2.38. The smallest absolute Gasteiger partial charge is 0.123 e. The molecule has 1 atom stereocenters. The quantitative estimate of drug-likeness (QED) is 0.745. The topological polar surface area (TPSA) is 15.3 Å². The van der Waals surface area contributed by atoms with E-state index in [-0.39, 0.29) is 18.2 Å². The van der Waals surface area contributed by atoms with Crippen molar-refractivity contribution in [3.05, 3.63) is 71.5 Å². The van der Waals surface area contributed by atoms with Gasteiger partial charge in [-0.1, -0.05) is 42.5 Å². The molecule has 0 heterocycles. The zero-order chi connectivity index (χ0) is 17.6. The van der Waals surface area contributed by atoms with Crippen LogP contribution in [-0.4, -0.2) is 25.0 Å². The molecule has 4 heteroatoms. The molecule has 26 heavy (non-hydrogen) atoms. The lowest BCUT2D eigenvalue weighted by molar-refractivity contribution is 0.157. The summed E-state index contributed by atoms with van der Waals surface area (Å²) in [7, 11) is 4.38. The van der Waals surface area contributed by atoms with Gasteiger partial charge in [-0.2, -0.15) is 0 Å². The molecule has 1 saturated carbocycles. The Morgan fingerprint density at radius 2 is 1.58 bits per heavy atom. The minimum absolute atomic E-state index is 0. The molecule has 1 fully saturated rings. The van der Waals surface area contributed by atoms with Gasteiger partial charge in [0.15, 0.2) is 0 Å². The number of benzene rings is 2. The summed E-state index contributed by atoms with van der Waals surface area (Å²) in [5.74, 6) is 0.543. The van der Waals surface area contributed by atoms with Crippen LogP contribution in [0.2, 0.25) is 0 Å². The number of hydrogen-bond donors (Lipinski definition) is 1. The van der Waals surface area contributed by atoms with Gasteiger partial charge in [0, 0.05) is 18.6 Å². The Hall–Kier alpha value is -1.42. The Balaban J connectivity index is 0.00000243. The van der Waals surface area contributed by atoms with E-state index in [1.54, 1.807) is 0 Å². The van der Waals surface area contributed by atoms with Crippen molar-refractivity contribution < 1.29 is 4.39 Å². The monoisotopic (exact) mass is 376 g/mol. The molecule has 142 valence electrons. The lowest BCUT2D eigenvalue weighted by atomic mass is 9.78. The second-order valence-electron chi connectivity index (χ2n) is 7.44. The molecule has 1 N–H and O–H groups in total. The second kappa shape index (κ2) is 10.1. The number of hydrogen-bond acceptors (Lipinski definition) is 2. The predicted molar refractivity (Wildman–Crippen MR) is 109 cm³/mol. The van der Waals surface area contributed by atoms with E-state index in [0.29, 0.717) is 18.0 Å². The summed E-state index contributed by atoms with van der Waals surface area (Å²) in [5.41, 5.74) is 2.58. The fraction of sp³-hybridized carbons (Fsp3) is 0.455. The molecule has 0 radical (unpaired) electrons. The predicted octanol–water partition coefficient (Wildman–Crippen LogP) is 5.20. The highest BCUT2D eigenvalue weighted by atomic mass is 35.5. The first-order valence-electron chi connectivity index (χ1n) is 9.32. The minimum Gasteiger partial charge on any atom is -0.310 e. The van der Waals surface area contributed by atoms with E-state index in [2.05, 4.69) is 54.6 Å². The summed E-state index contributed by atoms with van der Waals surface area (Å²) in [4.78, 5) is 2.37. The van der Waals surface area contributed by atoms with Crippen LogP contribution in [0.1, 0.15) is 42.9 Å². The molecule has 1 aliphatic rings. The number of halogens is 2. The molecule has 0 spiro atoms. The van der Waals surface area contributed by atoms with E-state index < -0.39 is 0 Å². The highest BCUT2D eigenvalue weighted by Crippen LogP contribution is 2.37. The first kappa shape index (κ1) is 20.9. The van der Waals surface area contributed by atoms with Crippen molar-refractivity contribution in [2.75, 3.05) is 14.1 Å². The van der Waals surface area contributed by atoms with Gasteiger partial charge in [0.05, 0.1) is 0 Å². The third-order valence-corrected chi connectivity index (χ3v) is 5.42. The fourth-order valence-electron chi connectivity index (χ4n) is 4.15. The van der Waals surface area contributed by atoms with Gasteiger partial charge in [-0.05, 0) is 69.0 Å². The van der Waals surface area contributed by atoms with E-state index in [1.807, 2.05) is 12.1 Å². The standard InChI is InChI=1S/C22H29FN2.ClH/c1-25(2)22(18-6-4-3-5-7-18)19-10-14-21(15-11-19)24-16-17-8-12-20(23)13-9-17;/h3-9,12-13,19,21-22,24H,10-11,14-16H2,1-2H3;1H. The largest absolute Gasteiger partial charge is 0.310 e. The van der Waals surface area contributed by atoms with Gasteiger partial charge in [0.1, 0.15) is 5.82 Å². The second-order valence-corrected chi connectivity index (χ2v) is 7.44. The summed E-state index contributed by atoms with van der Waals surface area (Å²) >= 11 is 0. The van der Waals surface area contributed by atoms with Gasteiger partial charge >= 0.3 is 0 Å². The molecular formula is C22H30ClFN2. The van der Waals surface area contributed by atoms with Crippen LogP contribution in [0, 0.1) is 11.7 Å². The normalized spacial score (nSPS) is 21.2. The van der Waals surface area contributed by atoms with E-state index in [0.717, 1.165) is 12.1 Å². The average Bonchev–Trinajstić information content (AvgIpc) is 2.63. The summed E-state index contributed by atoms with van der Waals surface area (Å²) < 4.78 is 13.0. The summed E-state index contributed by atoms with van der Waals surface area (Å²) in [5, 5.41) is 3.65. The van der Waals surface area contributed by atoms with Crippen LogP contribution < -0.4 is 5.32 Å². The molecule has 1 aliphatic carbocycles. The van der Waals surface area contributed by atoms with Crippen molar-refractivity contribution in [3.63, 3.8) is 0 Å². The fourth-order valence-corrected chi connectivity index (χ4v) is 4.15. The lowest BCUT2D eigenvalue weighted by Crippen LogP contribution is -2.36. The molecular weight excluding hydrogens is 347 g/mol. The van der Waals surface area contributed by atoms with E-state index in [1.165, 1.54) is 43.4 Å². The first-order valence-corrected chi connectivity index (χ1v) is 9.32. The van der Waals surface area contributed by atoms with Crippen molar-refractivity contribution >= 4 is 12.4 Å². The molecule has 2 aromatic rings. The Bertz CT molecular complexity index is 637. The maximum atomic E-state index is 13.0. The zero-order valence-electron chi connectivity index (χ0n) is 15.7. The van der Waals surface area contributed by atoms with Crippen molar-refractivity contribution in [1.29, 1.82) is 0 Å². The maximum Gasteiger partial charge on any atom is 0.123 e. The van der Waals surface area contributed by atoms with Gasteiger partial charge < -0.3 is 10.2 Å². The number of nitrogens with one attached hydrogen (secondary N) is 1. The first-order chi connectivity index (χ1) is 12.1. The highest BCUT2D eigenvalue weighted by Gasteiger charge is 2.29. The summed E-state index contributed by atoms with van der Waals surface area (Å²) in [6, 6.07) is 18.8. The van der Waals surface area contributed by atoms with Crippen LogP contribution in [0.15, 0.2) is 54.6 Å². The molecule has 2 aromatic carbocycles. The van der Waals surface area contributed by atoms with E-state index in [9.17, 15) is 4.39 Å². The van der Waals surface area contributed by atoms with Crippen molar-refractivity contribution in [2.24, 2.45) is 5.92 Å². The maximum absolute atomic E-state index is 13.0. The third kappa shape index (κ3) is 5.54. The Kier molecular flexibility index (Phi) is 8.08. The molecule has 1 unspecified atom stereocenters. The molecule has 0 amide bonds. The molecule has 2 nitrogen and oxygen atoms in total. The highest BCUT2D eigenvalue weighted by molar-refractivity contribution is 5.85. The number of rotatable bonds is 6. The van der Waals surface area contributed by atoms with Crippen molar-refractivity contribution in [1.82, 2.24) is 10.2 Å². The van der Waals surface area contributed by atoms with Crippen LogP contribution in [0.25, 0.3) is 0 Å². The minimum atomic E-state index is -0.167. The summed E-state index contributed by atoms with van der Waals surface area (Å²) in [6.07, 6.45) is 4.92. The van der Waals surface area contributed by atoms with E-state index >= 15 is 0 Å². The Labute approximate surface area is 163 Å². The zero-order valence-corrected chi connectivity index (χ0v) is 16.5. The molecule has 0 aliphatic heterocycles. The van der Waals surface area contributed by atoms with Crippen LogP contribution in [-0.2, 0) is 6.54 Å². The van der Waals surface area contributed by atoms with Crippen LogP contribution >= 0.6 is 12.4 Å². The molecule has 0 saturated heterocycles. The van der Waals surface area contributed by atoms with Crippen molar-refractivity contribution in [2.45, 2.75) is 44.3 Å². The molecule has 3 rings (SSSR count). The van der Waals surface area contributed by atoms with Gasteiger partial charge in [-0.25, -0.2) is 4.39 Å². The van der Waals surface area contributed by atoms with Crippen molar-refractivity contribution in [3.8, 4) is 0 Å². The van der Waals surface area contributed by atoms with Gasteiger partial charge in [0.2, 0.25) is 0 Å². The van der Waals surface area contributed by atoms with Crippen LogP contribution in [0.4, 0.5) is 4.39 Å². The molecule has 0 bridgehead atoms. The average molecular weight is 377 g/mol.